The lowest BCUT2D eigenvalue weighted by molar-refractivity contribution is -0.111. The molecular formula is C15H11FN2O3. The van der Waals surface area contributed by atoms with Crippen molar-refractivity contribution in [3.63, 3.8) is 0 Å². The van der Waals surface area contributed by atoms with Gasteiger partial charge in [-0.1, -0.05) is 12.1 Å². The number of carboxylic acid groups (broad SMARTS) is 1. The van der Waals surface area contributed by atoms with Gasteiger partial charge < -0.3 is 10.4 Å². The fourth-order valence-corrected chi connectivity index (χ4v) is 1.52. The van der Waals surface area contributed by atoms with E-state index in [2.05, 4.69) is 10.3 Å². The van der Waals surface area contributed by atoms with Crippen LogP contribution in [0.3, 0.4) is 0 Å². The molecule has 0 atom stereocenters. The van der Waals surface area contributed by atoms with Crippen LogP contribution in [0.1, 0.15) is 16.1 Å². The fraction of sp³-hybridized carbons (Fsp3) is 0. The van der Waals surface area contributed by atoms with Gasteiger partial charge in [-0.05, 0) is 35.9 Å². The summed E-state index contributed by atoms with van der Waals surface area (Å²) in [4.78, 5) is 26.0. The van der Waals surface area contributed by atoms with Gasteiger partial charge in [0.15, 0.2) is 0 Å². The number of hydrogen-bond donors (Lipinski definition) is 2. The molecule has 5 nitrogen and oxygen atoms in total. The van der Waals surface area contributed by atoms with Crippen molar-refractivity contribution in [1.82, 2.24) is 4.98 Å². The molecule has 21 heavy (non-hydrogen) atoms. The number of amides is 1. The summed E-state index contributed by atoms with van der Waals surface area (Å²) in [5.74, 6) is -1.88. The van der Waals surface area contributed by atoms with E-state index < -0.39 is 11.9 Å². The first-order valence-electron chi connectivity index (χ1n) is 5.98. The highest BCUT2D eigenvalue weighted by atomic mass is 19.1. The van der Waals surface area contributed by atoms with E-state index in [4.69, 9.17) is 5.11 Å². The lowest BCUT2D eigenvalue weighted by Crippen LogP contribution is -2.09. The third-order valence-corrected chi connectivity index (χ3v) is 2.55. The van der Waals surface area contributed by atoms with Crippen LogP contribution in [0.4, 0.5) is 10.1 Å². The van der Waals surface area contributed by atoms with Gasteiger partial charge in [0.2, 0.25) is 5.91 Å². The number of halogens is 1. The molecule has 2 aromatic rings. The Balaban J connectivity index is 1.98. The minimum Gasteiger partial charge on any atom is -0.477 e. The molecule has 1 aromatic heterocycles. The second-order valence-electron chi connectivity index (χ2n) is 4.11. The molecule has 106 valence electrons. The lowest BCUT2D eigenvalue weighted by atomic mass is 10.2. The molecule has 0 radical (unpaired) electrons. The molecule has 0 bridgehead atoms. The number of hydrogen-bond acceptors (Lipinski definition) is 3. The van der Waals surface area contributed by atoms with E-state index in [9.17, 15) is 14.0 Å². The molecule has 0 aliphatic carbocycles. The van der Waals surface area contributed by atoms with Gasteiger partial charge in [0.25, 0.3) is 0 Å². The number of nitrogens with one attached hydrogen (secondary N) is 1. The largest absolute Gasteiger partial charge is 0.477 e. The highest BCUT2D eigenvalue weighted by Crippen LogP contribution is 2.08. The molecular weight excluding hydrogens is 275 g/mol. The summed E-state index contributed by atoms with van der Waals surface area (Å²) in [7, 11) is 0. The number of aromatic carboxylic acids is 1. The summed E-state index contributed by atoms with van der Waals surface area (Å²) in [6, 6.07) is 8.42. The van der Waals surface area contributed by atoms with E-state index in [1.165, 1.54) is 42.6 Å². The molecule has 6 heteroatoms. The number of rotatable bonds is 4. The zero-order valence-electron chi connectivity index (χ0n) is 10.8. The van der Waals surface area contributed by atoms with Gasteiger partial charge in [-0.25, -0.2) is 14.2 Å². The van der Waals surface area contributed by atoms with Crippen molar-refractivity contribution in [2.24, 2.45) is 0 Å². The Bertz CT molecular complexity index is 679. The van der Waals surface area contributed by atoms with Crippen LogP contribution in [0.25, 0.3) is 6.08 Å². The third-order valence-electron chi connectivity index (χ3n) is 2.55. The SMILES string of the molecule is O=C(/C=C/c1ccc(F)cc1)Nc1ccc(C(=O)O)nc1. The maximum absolute atomic E-state index is 12.7. The molecule has 2 N–H and O–H groups in total. The first-order valence-corrected chi connectivity index (χ1v) is 5.98. The fourth-order valence-electron chi connectivity index (χ4n) is 1.52. The van der Waals surface area contributed by atoms with E-state index in [-0.39, 0.29) is 11.5 Å². The highest BCUT2D eigenvalue weighted by Gasteiger charge is 2.04. The molecule has 1 heterocycles. The topological polar surface area (TPSA) is 79.3 Å². The maximum Gasteiger partial charge on any atom is 0.354 e. The number of carbonyl (C=O) groups is 2. The Kier molecular flexibility index (Phi) is 4.40. The second kappa shape index (κ2) is 6.42. The predicted octanol–water partition coefficient (Wildman–Crippen LogP) is 2.57. The number of carboxylic acids is 1. The molecule has 1 aromatic carbocycles. The molecule has 0 unspecified atom stereocenters. The van der Waals surface area contributed by atoms with Gasteiger partial charge in [0.1, 0.15) is 11.5 Å². The van der Waals surface area contributed by atoms with Crippen LogP contribution in [-0.2, 0) is 4.79 Å². The van der Waals surface area contributed by atoms with Crippen LogP contribution in [0, 0.1) is 5.82 Å². The first-order chi connectivity index (χ1) is 10.0. The number of carbonyl (C=O) groups excluding carboxylic acids is 1. The van der Waals surface area contributed by atoms with Crippen LogP contribution in [0.15, 0.2) is 48.7 Å². The first kappa shape index (κ1) is 14.4. The Morgan fingerprint density at radius 2 is 1.86 bits per heavy atom. The van der Waals surface area contributed by atoms with Crippen LogP contribution in [-0.4, -0.2) is 22.0 Å². The van der Waals surface area contributed by atoms with Crippen molar-refractivity contribution in [1.29, 1.82) is 0 Å². The van der Waals surface area contributed by atoms with E-state index in [1.54, 1.807) is 12.1 Å². The zero-order valence-corrected chi connectivity index (χ0v) is 10.8. The summed E-state index contributed by atoms with van der Waals surface area (Å²) in [5.41, 5.74) is 0.967. The summed E-state index contributed by atoms with van der Waals surface area (Å²) >= 11 is 0. The van der Waals surface area contributed by atoms with Gasteiger partial charge in [-0.15, -0.1) is 0 Å². The molecule has 0 aliphatic heterocycles. The Labute approximate surface area is 119 Å². The highest BCUT2D eigenvalue weighted by molar-refractivity contribution is 6.01. The van der Waals surface area contributed by atoms with Crippen LogP contribution in [0.2, 0.25) is 0 Å². The van der Waals surface area contributed by atoms with Crippen LogP contribution < -0.4 is 5.32 Å². The summed E-state index contributed by atoms with van der Waals surface area (Å²) in [6.07, 6.45) is 4.08. The third kappa shape index (κ3) is 4.24. The molecule has 0 saturated heterocycles. The number of aromatic nitrogens is 1. The summed E-state index contributed by atoms with van der Waals surface area (Å²) < 4.78 is 12.7. The molecule has 0 saturated carbocycles. The van der Waals surface area contributed by atoms with Crippen molar-refractivity contribution in [2.75, 3.05) is 5.32 Å². The molecule has 1 amide bonds. The predicted molar refractivity (Wildman–Crippen MR) is 75.3 cm³/mol. The van der Waals surface area contributed by atoms with Gasteiger partial charge in [0, 0.05) is 6.08 Å². The number of nitrogens with zero attached hydrogens (tertiary/aromatic N) is 1. The monoisotopic (exact) mass is 286 g/mol. The molecule has 0 fully saturated rings. The smallest absolute Gasteiger partial charge is 0.354 e. The van der Waals surface area contributed by atoms with Crippen molar-refractivity contribution >= 4 is 23.6 Å². The van der Waals surface area contributed by atoms with E-state index in [0.717, 1.165) is 0 Å². The summed E-state index contributed by atoms with van der Waals surface area (Å²) in [5, 5.41) is 11.2. The van der Waals surface area contributed by atoms with Gasteiger partial charge in [0.05, 0.1) is 11.9 Å². The van der Waals surface area contributed by atoms with Gasteiger partial charge >= 0.3 is 5.97 Å². The normalized spacial score (nSPS) is 10.5. The number of anilines is 1. The molecule has 0 aliphatic rings. The van der Waals surface area contributed by atoms with Crippen LogP contribution >= 0.6 is 0 Å². The quantitative estimate of drug-likeness (QED) is 0.847. The Morgan fingerprint density at radius 3 is 2.43 bits per heavy atom. The second-order valence-corrected chi connectivity index (χ2v) is 4.11. The van der Waals surface area contributed by atoms with E-state index >= 15 is 0 Å². The number of pyridine rings is 1. The standard InChI is InChI=1S/C15H11FN2O3/c16-11-4-1-10(2-5-11)3-8-14(19)18-12-6-7-13(15(20)21)17-9-12/h1-9H,(H,18,19)(H,20,21)/b8-3+. The number of benzene rings is 1. The average molecular weight is 286 g/mol. The van der Waals surface area contributed by atoms with Crippen LogP contribution in [0.5, 0.6) is 0 Å². The maximum atomic E-state index is 12.7. The van der Waals surface area contributed by atoms with E-state index in [0.29, 0.717) is 11.3 Å². The van der Waals surface area contributed by atoms with Gasteiger partial charge in [-0.2, -0.15) is 0 Å². The minimum absolute atomic E-state index is 0.102. The molecule has 2 rings (SSSR count). The van der Waals surface area contributed by atoms with Gasteiger partial charge in [-0.3, -0.25) is 4.79 Å². The lowest BCUT2D eigenvalue weighted by Gasteiger charge is -2.01. The average Bonchev–Trinajstić information content (AvgIpc) is 2.47. The Morgan fingerprint density at radius 1 is 1.14 bits per heavy atom. The minimum atomic E-state index is -1.14. The van der Waals surface area contributed by atoms with Crippen molar-refractivity contribution in [3.05, 3.63) is 65.7 Å². The van der Waals surface area contributed by atoms with Crippen molar-refractivity contribution in [2.45, 2.75) is 0 Å². The van der Waals surface area contributed by atoms with Crippen molar-refractivity contribution < 1.29 is 19.1 Å². The zero-order chi connectivity index (χ0) is 15.2. The molecule has 0 spiro atoms. The van der Waals surface area contributed by atoms with E-state index in [1.807, 2.05) is 0 Å². The Hall–Kier alpha value is -3.02. The summed E-state index contributed by atoms with van der Waals surface area (Å²) in [6.45, 7) is 0. The van der Waals surface area contributed by atoms with Crippen molar-refractivity contribution in [3.8, 4) is 0 Å².